The minimum Gasteiger partial charge on any atom is -0.493 e. The largest absolute Gasteiger partial charge is 0.493 e. The van der Waals surface area contributed by atoms with Crippen molar-refractivity contribution in [3.63, 3.8) is 0 Å². The van der Waals surface area contributed by atoms with E-state index in [0.717, 1.165) is 5.57 Å². The van der Waals surface area contributed by atoms with E-state index in [0.29, 0.717) is 12.0 Å². The normalized spacial score (nSPS) is 12.3. The number of methoxy groups -OCH3 is 1. The average Bonchev–Trinajstić information content (AvgIpc) is 2.16. The predicted octanol–water partition coefficient (Wildman–Crippen LogP) is 2.80. The first-order chi connectivity index (χ1) is 7.06. The lowest BCUT2D eigenvalue weighted by Gasteiger charge is -2.15. The van der Waals surface area contributed by atoms with E-state index < -0.39 is 0 Å². The first-order valence-corrected chi connectivity index (χ1v) is 4.78. The molecule has 0 amide bonds. The SMILES string of the molecule is C=C(C)C[C@H](N)c1cccc(F)c1OC. The molecule has 0 bridgehead atoms. The second kappa shape index (κ2) is 4.94. The van der Waals surface area contributed by atoms with Gasteiger partial charge in [0.25, 0.3) is 0 Å². The van der Waals surface area contributed by atoms with Crippen molar-refractivity contribution in [3.8, 4) is 5.75 Å². The van der Waals surface area contributed by atoms with Crippen LogP contribution in [0.5, 0.6) is 5.75 Å². The highest BCUT2D eigenvalue weighted by Gasteiger charge is 2.14. The van der Waals surface area contributed by atoms with Crippen LogP contribution in [0.15, 0.2) is 30.4 Å². The fraction of sp³-hybridized carbons (Fsp3) is 0.333. The molecule has 0 aliphatic heterocycles. The lowest BCUT2D eigenvalue weighted by atomic mass is 10.0. The van der Waals surface area contributed by atoms with Crippen LogP contribution in [0.2, 0.25) is 0 Å². The Balaban J connectivity index is 3.02. The van der Waals surface area contributed by atoms with Gasteiger partial charge in [0.2, 0.25) is 0 Å². The summed E-state index contributed by atoms with van der Waals surface area (Å²) in [7, 11) is 1.44. The van der Waals surface area contributed by atoms with E-state index in [9.17, 15) is 4.39 Å². The number of nitrogens with two attached hydrogens (primary N) is 1. The molecule has 1 aromatic carbocycles. The maximum Gasteiger partial charge on any atom is 0.165 e. The van der Waals surface area contributed by atoms with Crippen LogP contribution in [0.1, 0.15) is 24.9 Å². The Kier molecular flexibility index (Phi) is 3.86. The highest BCUT2D eigenvalue weighted by atomic mass is 19.1. The Morgan fingerprint density at radius 1 is 1.60 bits per heavy atom. The molecule has 0 heterocycles. The lowest BCUT2D eigenvalue weighted by Crippen LogP contribution is -2.12. The van der Waals surface area contributed by atoms with Crippen molar-refractivity contribution in [1.82, 2.24) is 0 Å². The Morgan fingerprint density at radius 3 is 2.80 bits per heavy atom. The molecule has 15 heavy (non-hydrogen) atoms. The van der Waals surface area contributed by atoms with E-state index in [-0.39, 0.29) is 17.6 Å². The quantitative estimate of drug-likeness (QED) is 0.774. The number of ether oxygens (including phenoxy) is 1. The molecule has 3 heteroatoms. The second-order valence-electron chi connectivity index (χ2n) is 3.63. The van der Waals surface area contributed by atoms with Gasteiger partial charge < -0.3 is 10.5 Å². The van der Waals surface area contributed by atoms with Crippen LogP contribution in [-0.2, 0) is 0 Å². The van der Waals surface area contributed by atoms with Crippen LogP contribution in [0.3, 0.4) is 0 Å². The summed E-state index contributed by atoms with van der Waals surface area (Å²) >= 11 is 0. The van der Waals surface area contributed by atoms with Crippen molar-refractivity contribution in [2.45, 2.75) is 19.4 Å². The first kappa shape index (κ1) is 11.7. The number of hydrogen-bond acceptors (Lipinski definition) is 2. The molecular weight excluding hydrogens is 193 g/mol. The smallest absolute Gasteiger partial charge is 0.165 e. The third kappa shape index (κ3) is 2.80. The van der Waals surface area contributed by atoms with Crippen molar-refractivity contribution in [3.05, 3.63) is 41.7 Å². The molecule has 1 atom stereocenters. The molecule has 0 aromatic heterocycles. The second-order valence-corrected chi connectivity index (χ2v) is 3.63. The van der Waals surface area contributed by atoms with Crippen molar-refractivity contribution >= 4 is 0 Å². The van der Waals surface area contributed by atoms with Gasteiger partial charge in [0.15, 0.2) is 11.6 Å². The van der Waals surface area contributed by atoms with E-state index in [1.165, 1.54) is 13.2 Å². The van der Waals surface area contributed by atoms with Crippen LogP contribution in [0, 0.1) is 5.82 Å². The van der Waals surface area contributed by atoms with E-state index in [4.69, 9.17) is 10.5 Å². The number of rotatable bonds is 4. The fourth-order valence-electron chi connectivity index (χ4n) is 1.52. The highest BCUT2D eigenvalue weighted by Crippen LogP contribution is 2.29. The van der Waals surface area contributed by atoms with Crippen molar-refractivity contribution in [1.29, 1.82) is 0 Å². The van der Waals surface area contributed by atoms with E-state index >= 15 is 0 Å². The Hall–Kier alpha value is -1.35. The molecule has 0 aliphatic carbocycles. The average molecular weight is 209 g/mol. The summed E-state index contributed by atoms with van der Waals surface area (Å²) in [6.07, 6.45) is 0.625. The minimum atomic E-state index is -0.382. The summed E-state index contributed by atoms with van der Waals surface area (Å²) in [5, 5.41) is 0. The molecule has 1 aromatic rings. The van der Waals surface area contributed by atoms with Gasteiger partial charge in [-0.05, 0) is 19.4 Å². The summed E-state index contributed by atoms with van der Waals surface area (Å²) in [6, 6.07) is 4.49. The van der Waals surface area contributed by atoms with Crippen molar-refractivity contribution in [2.24, 2.45) is 5.73 Å². The van der Waals surface area contributed by atoms with E-state index in [1.807, 2.05) is 6.92 Å². The van der Waals surface area contributed by atoms with Gasteiger partial charge in [0.1, 0.15) is 0 Å². The molecule has 0 saturated carbocycles. The van der Waals surface area contributed by atoms with Crippen molar-refractivity contribution < 1.29 is 9.13 Å². The van der Waals surface area contributed by atoms with Gasteiger partial charge in [-0.1, -0.05) is 17.7 Å². The summed E-state index contributed by atoms with van der Waals surface area (Å²) < 4.78 is 18.3. The van der Waals surface area contributed by atoms with Crippen LogP contribution in [0.25, 0.3) is 0 Å². The van der Waals surface area contributed by atoms with Gasteiger partial charge in [-0.2, -0.15) is 0 Å². The minimum absolute atomic E-state index is 0.228. The Labute approximate surface area is 89.6 Å². The topological polar surface area (TPSA) is 35.2 Å². The molecule has 0 saturated heterocycles. The van der Waals surface area contributed by atoms with Gasteiger partial charge >= 0.3 is 0 Å². The molecule has 0 aliphatic rings. The summed E-state index contributed by atoms with van der Waals surface area (Å²) in [4.78, 5) is 0. The van der Waals surface area contributed by atoms with Gasteiger partial charge in [-0.3, -0.25) is 0 Å². The molecule has 1 rings (SSSR count). The fourth-order valence-corrected chi connectivity index (χ4v) is 1.52. The summed E-state index contributed by atoms with van der Waals surface area (Å²) in [5.41, 5.74) is 7.58. The molecule has 0 unspecified atom stereocenters. The number of para-hydroxylation sites is 1. The third-order valence-electron chi connectivity index (χ3n) is 2.17. The van der Waals surface area contributed by atoms with Crippen LogP contribution in [0.4, 0.5) is 4.39 Å². The zero-order valence-corrected chi connectivity index (χ0v) is 9.09. The molecule has 0 spiro atoms. The maximum absolute atomic E-state index is 13.3. The van der Waals surface area contributed by atoms with Gasteiger partial charge in [0.05, 0.1) is 7.11 Å². The lowest BCUT2D eigenvalue weighted by molar-refractivity contribution is 0.377. The third-order valence-corrected chi connectivity index (χ3v) is 2.17. The highest BCUT2D eigenvalue weighted by molar-refractivity contribution is 5.37. The van der Waals surface area contributed by atoms with Crippen molar-refractivity contribution in [2.75, 3.05) is 7.11 Å². The monoisotopic (exact) mass is 209 g/mol. The summed E-state index contributed by atoms with van der Waals surface area (Å²) in [6.45, 7) is 5.68. The van der Waals surface area contributed by atoms with Crippen LogP contribution in [-0.4, -0.2) is 7.11 Å². The molecule has 0 fully saturated rings. The Bertz CT molecular complexity index is 363. The van der Waals surface area contributed by atoms with Crippen LogP contribution >= 0.6 is 0 Å². The standard InChI is InChI=1S/C12H16FNO/c1-8(2)7-11(14)9-5-4-6-10(13)12(9)15-3/h4-6,11H,1,7,14H2,2-3H3/t11-/m0/s1. The van der Waals surface area contributed by atoms with E-state index in [1.54, 1.807) is 12.1 Å². The summed E-state index contributed by atoms with van der Waals surface area (Å²) in [5.74, 6) is -0.154. The maximum atomic E-state index is 13.3. The molecule has 0 radical (unpaired) electrons. The Morgan fingerprint density at radius 2 is 2.27 bits per heavy atom. The number of benzene rings is 1. The molecular formula is C12H16FNO. The van der Waals surface area contributed by atoms with Gasteiger partial charge in [-0.15, -0.1) is 6.58 Å². The molecule has 2 nitrogen and oxygen atoms in total. The molecule has 82 valence electrons. The molecule has 2 N–H and O–H groups in total. The van der Waals surface area contributed by atoms with E-state index in [2.05, 4.69) is 6.58 Å². The zero-order chi connectivity index (χ0) is 11.4. The number of halogens is 1. The van der Waals surface area contributed by atoms with Gasteiger partial charge in [0, 0.05) is 11.6 Å². The number of hydrogen-bond donors (Lipinski definition) is 1. The zero-order valence-electron chi connectivity index (χ0n) is 9.09. The predicted molar refractivity (Wildman–Crippen MR) is 59.3 cm³/mol. The first-order valence-electron chi connectivity index (χ1n) is 4.78. The van der Waals surface area contributed by atoms with Gasteiger partial charge in [-0.25, -0.2) is 4.39 Å². The van der Waals surface area contributed by atoms with Crippen LogP contribution < -0.4 is 10.5 Å².